The molecule has 0 saturated heterocycles. The van der Waals surface area contributed by atoms with Crippen molar-refractivity contribution in [2.75, 3.05) is 0 Å². The van der Waals surface area contributed by atoms with E-state index in [-0.39, 0.29) is 42.1 Å². The van der Waals surface area contributed by atoms with Gasteiger partial charge in [-0.15, -0.1) is 22.7 Å². The van der Waals surface area contributed by atoms with Gasteiger partial charge in [0.1, 0.15) is 0 Å². The zero-order chi connectivity index (χ0) is 22.0. The van der Waals surface area contributed by atoms with E-state index in [1.807, 2.05) is 23.5 Å². The minimum atomic E-state index is 0. The molecule has 0 aliphatic heterocycles. The number of fused-ring (bicyclic) bond motifs is 2. The fraction of sp³-hybridized carbons (Fsp3) is 0.143. The zero-order valence-electron chi connectivity index (χ0n) is 17.7. The molecule has 0 fully saturated rings. The van der Waals surface area contributed by atoms with Gasteiger partial charge in [0, 0.05) is 24.3 Å². The molecule has 32 heavy (non-hydrogen) atoms. The number of benzene rings is 2. The van der Waals surface area contributed by atoms with Crippen LogP contribution in [0, 0.1) is 20.8 Å². The Morgan fingerprint density at radius 2 is 1.19 bits per heavy atom. The molecule has 166 valence electrons. The summed E-state index contributed by atoms with van der Waals surface area (Å²) in [6.07, 6.45) is 0.500. The van der Waals surface area contributed by atoms with E-state index in [2.05, 4.69) is 50.4 Å². The fourth-order valence-electron chi connectivity index (χ4n) is 2.50. The molecule has 6 nitrogen and oxygen atoms in total. The predicted molar refractivity (Wildman–Crippen MR) is 123 cm³/mol. The SMILES string of the molecule is Cc1c(Cl)ccc2ccsc12.Cc1cc2ccc(Cl)c(C)c2s1.O.O=C=O.O=C=O.[Li+].[OH-]. The second kappa shape index (κ2) is 17.7. The van der Waals surface area contributed by atoms with Crippen LogP contribution in [0.1, 0.15) is 16.0 Å². The van der Waals surface area contributed by atoms with E-state index >= 15 is 0 Å². The van der Waals surface area contributed by atoms with Gasteiger partial charge in [0.25, 0.3) is 0 Å². The van der Waals surface area contributed by atoms with Crippen LogP contribution < -0.4 is 18.9 Å². The molecule has 0 aliphatic rings. The number of thiophene rings is 2. The first-order chi connectivity index (χ1) is 13.8. The van der Waals surface area contributed by atoms with Crippen LogP contribution in [-0.2, 0) is 19.2 Å². The molecule has 0 aliphatic carbocycles. The van der Waals surface area contributed by atoms with Crippen LogP contribution in [0.2, 0.25) is 10.0 Å². The number of halogens is 2. The maximum absolute atomic E-state index is 8.12. The van der Waals surface area contributed by atoms with Crippen LogP contribution in [-0.4, -0.2) is 23.3 Å². The van der Waals surface area contributed by atoms with Gasteiger partial charge >= 0.3 is 31.2 Å². The van der Waals surface area contributed by atoms with Crippen molar-refractivity contribution in [3.63, 3.8) is 0 Å². The summed E-state index contributed by atoms with van der Waals surface area (Å²) in [4.78, 5) is 33.8. The Morgan fingerprint density at radius 1 is 0.750 bits per heavy atom. The standard InChI is InChI=1S/C10H9ClS.C9H7ClS.2CO2.Li.2H2O/c1-6-5-8-3-4-9(11)7(2)10(8)12-6;1-6-8(10)3-2-7-4-5-11-9(6)7;2*2-1-3;;;/h3-5H,1-2H3;2-5H,1H3;;;;2*1H2/q;;;;+1;;/p-1. The first-order valence-electron chi connectivity index (χ1n) is 8.06. The largest absolute Gasteiger partial charge is 1.00 e. The second-order valence-electron chi connectivity index (χ2n) is 5.63. The predicted octanol–water partition coefficient (Wildman–Crippen LogP) is 2.87. The Kier molecular flexibility index (Phi) is 19.3. The summed E-state index contributed by atoms with van der Waals surface area (Å²) >= 11 is 15.5. The number of hydrogen-bond donors (Lipinski definition) is 0. The van der Waals surface area contributed by atoms with Crippen LogP contribution in [0.4, 0.5) is 0 Å². The average Bonchev–Trinajstić information content (AvgIpc) is 3.30. The quantitative estimate of drug-likeness (QED) is 0.337. The maximum atomic E-state index is 8.12. The van der Waals surface area contributed by atoms with Crippen LogP contribution in [0.5, 0.6) is 0 Å². The van der Waals surface area contributed by atoms with E-state index in [0.29, 0.717) is 0 Å². The van der Waals surface area contributed by atoms with Crippen molar-refractivity contribution in [3.8, 4) is 0 Å². The zero-order valence-corrected chi connectivity index (χ0v) is 20.8. The summed E-state index contributed by atoms with van der Waals surface area (Å²) < 4.78 is 2.62. The monoisotopic (exact) mass is 508 g/mol. The fourth-order valence-corrected chi connectivity index (χ4v) is 4.85. The molecule has 2 aromatic heterocycles. The van der Waals surface area contributed by atoms with Crippen molar-refractivity contribution >= 4 is 78.4 Å². The summed E-state index contributed by atoms with van der Waals surface area (Å²) in [5.41, 5.74) is 2.39. The van der Waals surface area contributed by atoms with Gasteiger partial charge in [0.05, 0.1) is 0 Å². The third-order valence-electron chi connectivity index (χ3n) is 3.80. The summed E-state index contributed by atoms with van der Waals surface area (Å²) in [6, 6.07) is 12.4. The Morgan fingerprint density at radius 3 is 1.69 bits per heavy atom. The van der Waals surface area contributed by atoms with Gasteiger partial charge in [-0.05, 0) is 72.3 Å². The van der Waals surface area contributed by atoms with Gasteiger partial charge in [-0.2, -0.15) is 19.2 Å². The smallest absolute Gasteiger partial charge is 0.870 e. The Hall–Kier alpha value is -1.78. The summed E-state index contributed by atoms with van der Waals surface area (Å²) in [7, 11) is 0. The summed E-state index contributed by atoms with van der Waals surface area (Å²) in [5, 5.41) is 6.41. The summed E-state index contributed by atoms with van der Waals surface area (Å²) in [5.74, 6) is 0. The van der Waals surface area contributed by atoms with Crippen molar-refractivity contribution < 1.29 is 49.0 Å². The minimum absolute atomic E-state index is 0. The van der Waals surface area contributed by atoms with E-state index in [9.17, 15) is 0 Å². The molecule has 0 unspecified atom stereocenters. The van der Waals surface area contributed by atoms with Crippen molar-refractivity contribution in [3.05, 3.63) is 67.8 Å². The topological polar surface area (TPSA) is 130 Å². The minimum Gasteiger partial charge on any atom is -0.870 e. The van der Waals surface area contributed by atoms with Crippen LogP contribution in [0.25, 0.3) is 20.2 Å². The van der Waals surface area contributed by atoms with Crippen LogP contribution >= 0.6 is 45.9 Å². The summed E-state index contributed by atoms with van der Waals surface area (Å²) in [6.45, 7) is 6.25. The Bertz CT molecular complexity index is 1170. The molecule has 2 aromatic carbocycles. The van der Waals surface area contributed by atoms with Crippen molar-refractivity contribution in [2.45, 2.75) is 20.8 Å². The Balaban J connectivity index is -0.000000394. The van der Waals surface area contributed by atoms with Crippen molar-refractivity contribution in [1.82, 2.24) is 0 Å². The molecular weight excluding hydrogens is 490 g/mol. The molecule has 0 saturated carbocycles. The molecule has 0 amide bonds. The third-order valence-corrected chi connectivity index (χ3v) is 6.85. The van der Waals surface area contributed by atoms with Crippen LogP contribution in [0.15, 0.2) is 41.8 Å². The van der Waals surface area contributed by atoms with Gasteiger partial charge in [-0.25, -0.2) is 0 Å². The number of hydrogen-bond acceptors (Lipinski definition) is 7. The molecule has 0 spiro atoms. The first kappa shape index (κ1) is 34.8. The molecule has 0 radical (unpaired) electrons. The van der Waals surface area contributed by atoms with Crippen LogP contribution in [0.3, 0.4) is 0 Å². The molecule has 4 aromatic rings. The van der Waals surface area contributed by atoms with Gasteiger partial charge in [-0.3, -0.25) is 0 Å². The van der Waals surface area contributed by atoms with Gasteiger partial charge in [0.15, 0.2) is 0 Å². The molecule has 11 heteroatoms. The maximum Gasteiger partial charge on any atom is 1.00 e. The van der Waals surface area contributed by atoms with Crippen molar-refractivity contribution in [2.24, 2.45) is 0 Å². The van der Waals surface area contributed by atoms with E-state index in [1.165, 1.54) is 36.2 Å². The van der Waals surface area contributed by atoms with E-state index in [1.54, 1.807) is 11.3 Å². The van der Waals surface area contributed by atoms with Gasteiger partial charge < -0.3 is 11.0 Å². The molecular formula is C21H19Cl2LiO6S2. The van der Waals surface area contributed by atoms with Gasteiger partial charge in [-0.1, -0.05) is 35.3 Å². The number of carbonyl (C=O) groups excluding carboxylic acids is 4. The molecule has 0 atom stereocenters. The number of rotatable bonds is 0. The van der Waals surface area contributed by atoms with E-state index in [0.717, 1.165) is 10.0 Å². The Labute approximate surface area is 214 Å². The molecule has 0 bridgehead atoms. The number of aryl methyl sites for hydroxylation is 3. The molecule has 4 rings (SSSR count). The van der Waals surface area contributed by atoms with Crippen molar-refractivity contribution in [1.29, 1.82) is 0 Å². The van der Waals surface area contributed by atoms with E-state index < -0.39 is 0 Å². The van der Waals surface area contributed by atoms with Gasteiger partial charge in [0.2, 0.25) is 0 Å². The first-order valence-corrected chi connectivity index (χ1v) is 10.5. The molecule has 3 N–H and O–H groups in total. The molecule has 2 heterocycles. The van der Waals surface area contributed by atoms with E-state index in [4.69, 9.17) is 42.4 Å². The normalized spacial score (nSPS) is 8.28. The third kappa shape index (κ3) is 9.79. The second-order valence-corrected chi connectivity index (χ2v) is 8.61. The average molecular weight is 509 g/mol.